The van der Waals surface area contributed by atoms with Crippen molar-refractivity contribution >= 4 is 28.8 Å². The van der Waals surface area contributed by atoms with Gasteiger partial charge in [-0.15, -0.1) is 11.3 Å². The van der Waals surface area contributed by atoms with Crippen molar-refractivity contribution in [3.05, 3.63) is 92.6 Å². The molecule has 0 spiro atoms. The summed E-state index contributed by atoms with van der Waals surface area (Å²) in [5, 5.41) is 2.64. The van der Waals surface area contributed by atoms with Gasteiger partial charge in [0, 0.05) is 11.6 Å². The van der Waals surface area contributed by atoms with Gasteiger partial charge < -0.3 is 4.90 Å². The van der Waals surface area contributed by atoms with Gasteiger partial charge in [-0.1, -0.05) is 60.1 Å². The zero-order valence-corrected chi connectivity index (χ0v) is 14.6. The standard InChI is InChI=1S/C20H16ClNOS/c21-17-9-4-3-8-16(17)19-15-7-2-1-6-14(15)11-12-22(19)20(23)18-10-5-13-24-18/h1-10,13,19H,11-12H2/t19-/m0/s1. The number of carbonyl (C=O) groups is 1. The predicted molar refractivity (Wildman–Crippen MR) is 98.8 cm³/mol. The first kappa shape index (κ1) is 15.4. The Hall–Kier alpha value is -2.10. The predicted octanol–water partition coefficient (Wildman–Crippen LogP) is 5.19. The second-order valence-corrected chi connectivity index (χ2v) is 7.20. The van der Waals surface area contributed by atoms with Crippen LogP contribution in [0.25, 0.3) is 0 Å². The summed E-state index contributed by atoms with van der Waals surface area (Å²) in [6.45, 7) is 0.698. The number of hydrogen-bond donors (Lipinski definition) is 0. The van der Waals surface area contributed by atoms with Crippen LogP contribution in [0.4, 0.5) is 0 Å². The molecular weight excluding hydrogens is 338 g/mol. The first-order valence-electron chi connectivity index (χ1n) is 7.92. The Balaban J connectivity index is 1.85. The number of halogens is 1. The van der Waals surface area contributed by atoms with E-state index in [1.54, 1.807) is 0 Å². The molecule has 2 heterocycles. The van der Waals surface area contributed by atoms with Crippen molar-refractivity contribution in [1.29, 1.82) is 0 Å². The van der Waals surface area contributed by atoms with Gasteiger partial charge in [0.25, 0.3) is 5.91 Å². The molecule has 0 radical (unpaired) electrons. The van der Waals surface area contributed by atoms with Gasteiger partial charge in [-0.05, 0) is 40.6 Å². The number of amides is 1. The summed E-state index contributed by atoms with van der Waals surface area (Å²) in [5.74, 6) is 0.0735. The lowest BCUT2D eigenvalue weighted by Gasteiger charge is -2.38. The monoisotopic (exact) mass is 353 g/mol. The minimum atomic E-state index is -0.141. The highest BCUT2D eigenvalue weighted by Gasteiger charge is 2.33. The number of fused-ring (bicyclic) bond motifs is 1. The van der Waals surface area contributed by atoms with Crippen molar-refractivity contribution in [3.8, 4) is 0 Å². The Labute approximate surface area is 150 Å². The van der Waals surface area contributed by atoms with E-state index in [9.17, 15) is 4.79 Å². The SMILES string of the molecule is O=C(c1cccs1)N1CCc2ccccc2[C@H]1c1ccccc1Cl. The van der Waals surface area contributed by atoms with E-state index in [4.69, 9.17) is 11.6 Å². The number of carbonyl (C=O) groups excluding carboxylic acids is 1. The maximum Gasteiger partial charge on any atom is 0.264 e. The summed E-state index contributed by atoms with van der Waals surface area (Å²) in [5.41, 5.74) is 3.44. The van der Waals surface area contributed by atoms with Crippen molar-refractivity contribution in [2.75, 3.05) is 6.54 Å². The third-order valence-electron chi connectivity index (χ3n) is 4.48. The van der Waals surface area contributed by atoms with Crippen molar-refractivity contribution < 1.29 is 4.79 Å². The van der Waals surface area contributed by atoms with E-state index in [1.165, 1.54) is 22.5 Å². The van der Waals surface area contributed by atoms with Gasteiger partial charge in [0.2, 0.25) is 0 Å². The molecule has 0 saturated carbocycles. The number of hydrogen-bond acceptors (Lipinski definition) is 2. The molecule has 4 rings (SSSR count). The van der Waals surface area contributed by atoms with Crippen LogP contribution < -0.4 is 0 Å². The number of nitrogens with zero attached hydrogens (tertiary/aromatic N) is 1. The average Bonchev–Trinajstić information content (AvgIpc) is 3.15. The Kier molecular flexibility index (Phi) is 4.13. The van der Waals surface area contributed by atoms with E-state index < -0.39 is 0 Å². The molecule has 1 atom stereocenters. The van der Waals surface area contributed by atoms with E-state index >= 15 is 0 Å². The van der Waals surface area contributed by atoms with Crippen LogP contribution in [0, 0.1) is 0 Å². The fourth-order valence-corrected chi connectivity index (χ4v) is 4.28. The molecule has 0 unspecified atom stereocenters. The zero-order chi connectivity index (χ0) is 16.5. The van der Waals surface area contributed by atoms with Gasteiger partial charge >= 0.3 is 0 Å². The normalized spacial score (nSPS) is 16.7. The van der Waals surface area contributed by atoms with Gasteiger partial charge in [-0.3, -0.25) is 4.79 Å². The molecule has 1 aliphatic rings. The fraction of sp³-hybridized carbons (Fsp3) is 0.150. The Bertz CT molecular complexity index is 875. The molecule has 3 aromatic rings. The highest BCUT2D eigenvalue weighted by Crippen LogP contribution is 2.39. The van der Waals surface area contributed by atoms with Crippen LogP contribution in [0.3, 0.4) is 0 Å². The van der Waals surface area contributed by atoms with E-state index in [1.807, 2.05) is 52.7 Å². The van der Waals surface area contributed by atoms with Crippen molar-refractivity contribution in [2.24, 2.45) is 0 Å². The minimum Gasteiger partial charge on any atom is -0.326 e. The smallest absolute Gasteiger partial charge is 0.264 e. The topological polar surface area (TPSA) is 20.3 Å². The van der Waals surface area contributed by atoms with Crippen molar-refractivity contribution in [3.63, 3.8) is 0 Å². The summed E-state index contributed by atoms with van der Waals surface area (Å²) in [4.78, 5) is 15.8. The van der Waals surface area contributed by atoms with Crippen molar-refractivity contribution in [1.82, 2.24) is 4.90 Å². The number of rotatable bonds is 2. The quantitative estimate of drug-likeness (QED) is 0.621. The third kappa shape index (κ3) is 2.64. The average molecular weight is 354 g/mol. The molecule has 0 saturated heterocycles. The molecular formula is C20H16ClNOS. The largest absolute Gasteiger partial charge is 0.326 e. The lowest BCUT2D eigenvalue weighted by molar-refractivity contribution is 0.0699. The van der Waals surface area contributed by atoms with Gasteiger partial charge in [0.1, 0.15) is 0 Å². The molecule has 120 valence electrons. The molecule has 1 amide bonds. The van der Waals surface area contributed by atoms with E-state index in [-0.39, 0.29) is 11.9 Å². The molecule has 1 aliphatic heterocycles. The highest BCUT2D eigenvalue weighted by molar-refractivity contribution is 7.12. The van der Waals surface area contributed by atoms with Crippen LogP contribution in [0.15, 0.2) is 66.0 Å². The highest BCUT2D eigenvalue weighted by atomic mass is 35.5. The number of benzene rings is 2. The van der Waals surface area contributed by atoms with E-state index in [0.29, 0.717) is 11.6 Å². The summed E-state index contributed by atoms with van der Waals surface area (Å²) >= 11 is 7.97. The molecule has 2 aromatic carbocycles. The van der Waals surface area contributed by atoms with Crippen LogP contribution in [-0.2, 0) is 6.42 Å². The first-order chi connectivity index (χ1) is 11.8. The van der Waals surface area contributed by atoms with Crippen LogP contribution in [0.2, 0.25) is 5.02 Å². The lowest BCUT2D eigenvalue weighted by Crippen LogP contribution is -2.40. The van der Waals surface area contributed by atoms with Gasteiger partial charge in [-0.25, -0.2) is 0 Å². The second-order valence-electron chi connectivity index (χ2n) is 5.85. The minimum absolute atomic E-state index is 0.0735. The van der Waals surface area contributed by atoms with E-state index in [0.717, 1.165) is 16.9 Å². The maximum atomic E-state index is 13.1. The van der Waals surface area contributed by atoms with Gasteiger partial charge in [-0.2, -0.15) is 0 Å². The summed E-state index contributed by atoms with van der Waals surface area (Å²) < 4.78 is 0. The maximum absolute atomic E-state index is 13.1. The molecule has 0 aliphatic carbocycles. The van der Waals surface area contributed by atoms with Crippen LogP contribution >= 0.6 is 22.9 Å². The molecule has 0 fully saturated rings. The van der Waals surface area contributed by atoms with Gasteiger partial charge in [0.15, 0.2) is 0 Å². The van der Waals surface area contributed by atoms with Crippen LogP contribution in [-0.4, -0.2) is 17.4 Å². The van der Waals surface area contributed by atoms with Gasteiger partial charge in [0.05, 0.1) is 10.9 Å². The molecule has 1 aromatic heterocycles. The molecule has 2 nitrogen and oxygen atoms in total. The van der Waals surface area contributed by atoms with E-state index in [2.05, 4.69) is 18.2 Å². The summed E-state index contributed by atoms with van der Waals surface area (Å²) in [6, 6.07) is 19.8. The zero-order valence-electron chi connectivity index (χ0n) is 13.0. The second kappa shape index (κ2) is 6.42. The molecule has 24 heavy (non-hydrogen) atoms. The van der Waals surface area contributed by atoms with Crippen LogP contribution in [0.1, 0.15) is 32.4 Å². The molecule has 4 heteroatoms. The number of thiophene rings is 1. The summed E-state index contributed by atoms with van der Waals surface area (Å²) in [7, 11) is 0. The Morgan fingerprint density at radius 2 is 1.75 bits per heavy atom. The lowest BCUT2D eigenvalue weighted by atomic mass is 9.88. The third-order valence-corrected chi connectivity index (χ3v) is 5.68. The Morgan fingerprint density at radius 1 is 1.00 bits per heavy atom. The summed E-state index contributed by atoms with van der Waals surface area (Å²) in [6.07, 6.45) is 0.869. The van der Waals surface area contributed by atoms with Crippen LogP contribution in [0.5, 0.6) is 0 Å². The fourth-order valence-electron chi connectivity index (χ4n) is 3.36. The Morgan fingerprint density at radius 3 is 2.50 bits per heavy atom. The molecule has 0 bridgehead atoms. The first-order valence-corrected chi connectivity index (χ1v) is 9.18. The van der Waals surface area contributed by atoms with Crippen molar-refractivity contribution in [2.45, 2.75) is 12.5 Å². The molecule has 0 N–H and O–H groups in total.